The van der Waals surface area contributed by atoms with Crippen LogP contribution in [0.1, 0.15) is 24.5 Å². The Morgan fingerprint density at radius 1 is 1.15 bits per heavy atom. The van der Waals surface area contributed by atoms with Crippen LogP contribution >= 0.6 is 0 Å². The first-order chi connectivity index (χ1) is 12.6. The molecular weight excluding hydrogens is 327 g/mol. The van der Waals surface area contributed by atoms with Gasteiger partial charge in [0.2, 0.25) is 0 Å². The molecule has 1 unspecified atom stereocenters. The highest BCUT2D eigenvalue weighted by Crippen LogP contribution is 2.17. The number of hydrogen-bond acceptors (Lipinski definition) is 1. The van der Waals surface area contributed by atoms with Crippen molar-refractivity contribution < 1.29 is 14.1 Å². The molecule has 2 aromatic rings. The zero-order valence-corrected chi connectivity index (χ0v) is 15.2. The normalized spacial score (nSPS) is 18.1. The summed E-state index contributed by atoms with van der Waals surface area (Å²) in [4.78, 5) is 13.7. The van der Waals surface area contributed by atoms with Crippen LogP contribution in [0.25, 0.3) is 5.57 Å². The Morgan fingerprint density at radius 3 is 2.54 bits per heavy atom. The molecule has 0 aromatic heterocycles. The first kappa shape index (κ1) is 18.3. The number of hydrogen-bond donors (Lipinski definition) is 2. The monoisotopic (exact) mass is 353 g/mol. The summed E-state index contributed by atoms with van der Waals surface area (Å²) in [7, 11) is 0. The van der Waals surface area contributed by atoms with Gasteiger partial charge in [-0.3, -0.25) is 4.79 Å². The summed E-state index contributed by atoms with van der Waals surface area (Å²) < 4.78 is 12.9. The third kappa shape index (κ3) is 4.79. The largest absolute Gasteiger partial charge is 0.351 e. The Morgan fingerprint density at radius 2 is 1.88 bits per heavy atom. The Labute approximate surface area is 154 Å². The van der Waals surface area contributed by atoms with Gasteiger partial charge in [0.25, 0.3) is 5.91 Å². The fourth-order valence-corrected chi connectivity index (χ4v) is 3.38. The number of quaternary nitrogens is 1. The summed E-state index contributed by atoms with van der Waals surface area (Å²) in [6.07, 6.45) is 3.97. The third-order valence-electron chi connectivity index (χ3n) is 5.10. The van der Waals surface area contributed by atoms with Gasteiger partial charge in [-0.25, -0.2) is 4.39 Å². The zero-order valence-electron chi connectivity index (χ0n) is 15.2. The minimum absolute atomic E-state index is 0.0724. The standard InChI is InChI=1S/C22H25FN2O/c1-17(22(26)24-14-11-18-7-9-21(23)10-8-18)25-15-12-20(13-16-25)19-5-3-2-4-6-19/h2-10,12,17H,11,13-16H2,1H3,(H,24,26)/p+1/t17-/m1/s1. The highest BCUT2D eigenvalue weighted by molar-refractivity contribution is 5.80. The van der Waals surface area contributed by atoms with E-state index in [2.05, 4.69) is 35.7 Å². The minimum atomic E-state index is -0.233. The molecule has 26 heavy (non-hydrogen) atoms. The van der Waals surface area contributed by atoms with E-state index in [1.807, 2.05) is 13.0 Å². The van der Waals surface area contributed by atoms with Gasteiger partial charge in [0, 0.05) is 13.0 Å². The van der Waals surface area contributed by atoms with E-state index < -0.39 is 0 Å². The SMILES string of the molecule is C[C@H](C(=O)NCCc1ccc(F)cc1)[NH+]1CC=C(c2ccccc2)CC1. The maximum atomic E-state index is 12.9. The Hall–Kier alpha value is -2.46. The first-order valence-electron chi connectivity index (χ1n) is 9.24. The van der Waals surface area contributed by atoms with Gasteiger partial charge < -0.3 is 10.2 Å². The first-order valence-corrected chi connectivity index (χ1v) is 9.24. The van der Waals surface area contributed by atoms with Gasteiger partial charge >= 0.3 is 0 Å². The summed E-state index contributed by atoms with van der Waals surface area (Å²) in [5.74, 6) is -0.151. The number of carbonyl (C=O) groups excluding carboxylic acids is 1. The van der Waals surface area contributed by atoms with E-state index in [0.29, 0.717) is 13.0 Å². The molecule has 0 bridgehead atoms. The highest BCUT2D eigenvalue weighted by atomic mass is 19.1. The average Bonchev–Trinajstić information content (AvgIpc) is 2.69. The number of rotatable bonds is 6. The molecule has 1 amide bonds. The number of amides is 1. The van der Waals surface area contributed by atoms with Gasteiger partial charge in [-0.15, -0.1) is 0 Å². The molecule has 0 aliphatic carbocycles. The second-order valence-electron chi connectivity index (χ2n) is 6.85. The van der Waals surface area contributed by atoms with Crippen molar-refractivity contribution in [2.75, 3.05) is 19.6 Å². The van der Waals surface area contributed by atoms with Gasteiger partial charge in [-0.2, -0.15) is 0 Å². The van der Waals surface area contributed by atoms with Crippen LogP contribution < -0.4 is 10.2 Å². The average molecular weight is 353 g/mol. The number of nitrogens with one attached hydrogen (secondary N) is 2. The van der Waals surface area contributed by atoms with Crippen molar-refractivity contribution in [3.8, 4) is 0 Å². The van der Waals surface area contributed by atoms with Gasteiger partial charge in [0.15, 0.2) is 6.04 Å². The van der Waals surface area contributed by atoms with Crippen LogP contribution in [0.5, 0.6) is 0 Å². The van der Waals surface area contributed by atoms with Crippen LogP contribution in [-0.2, 0) is 11.2 Å². The van der Waals surface area contributed by atoms with Crippen molar-refractivity contribution in [3.63, 3.8) is 0 Å². The van der Waals surface area contributed by atoms with E-state index >= 15 is 0 Å². The zero-order chi connectivity index (χ0) is 18.4. The van der Waals surface area contributed by atoms with Gasteiger partial charge in [-0.1, -0.05) is 42.5 Å². The van der Waals surface area contributed by atoms with Crippen molar-refractivity contribution in [1.82, 2.24) is 5.32 Å². The van der Waals surface area contributed by atoms with Crippen LogP contribution in [0, 0.1) is 5.82 Å². The quantitative estimate of drug-likeness (QED) is 0.821. The lowest BCUT2D eigenvalue weighted by Crippen LogP contribution is -3.17. The predicted octanol–water partition coefficient (Wildman–Crippen LogP) is 2.25. The summed E-state index contributed by atoms with van der Waals surface area (Å²) in [6, 6.07) is 16.8. The van der Waals surface area contributed by atoms with Crippen LogP contribution in [-0.4, -0.2) is 31.6 Å². The molecule has 0 fully saturated rings. The lowest BCUT2D eigenvalue weighted by molar-refractivity contribution is -0.909. The van der Waals surface area contributed by atoms with Crippen molar-refractivity contribution in [1.29, 1.82) is 0 Å². The summed E-state index contributed by atoms with van der Waals surface area (Å²) >= 11 is 0. The summed E-state index contributed by atoms with van der Waals surface area (Å²) in [5.41, 5.74) is 3.68. The Bertz CT molecular complexity index is 755. The number of carbonyl (C=O) groups is 1. The molecule has 0 radical (unpaired) electrons. The van der Waals surface area contributed by atoms with E-state index in [-0.39, 0.29) is 17.8 Å². The van der Waals surface area contributed by atoms with E-state index in [4.69, 9.17) is 0 Å². The van der Waals surface area contributed by atoms with Gasteiger partial charge in [-0.05, 0) is 48.3 Å². The van der Waals surface area contributed by atoms with E-state index in [9.17, 15) is 9.18 Å². The molecule has 0 saturated heterocycles. The topological polar surface area (TPSA) is 33.5 Å². The molecule has 3 nitrogen and oxygen atoms in total. The van der Waals surface area contributed by atoms with E-state index in [1.165, 1.54) is 28.2 Å². The Kier molecular flexibility index (Phi) is 6.18. The van der Waals surface area contributed by atoms with Crippen LogP contribution in [0.4, 0.5) is 4.39 Å². The molecule has 136 valence electrons. The van der Waals surface area contributed by atoms with Crippen LogP contribution in [0.15, 0.2) is 60.7 Å². The fraction of sp³-hybridized carbons (Fsp3) is 0.318. The van der Waals surface area contributed by atoms with Crippen molar-refractivity contribution in [3.05, 3.63) is 77.6 Å². The molecule has 2 N–H and O–H groups in total. The van der Waals surface area contributed by atoms with Crippen molar-refractivity contribution in [2.45, 2.75) is 25.8 Å². The molecule has 1 aliphatic heterocycles. The second kappa shape index (κ2) is 8.77. The second-order valence-corrected chi connectivity index (χ2v) is 6.85. The molecular formula is C22H26FN2O+. The van der Waals surface area contributed by atoms with Crippen LogP contribution in [0.3, 0.4) is 0 Å². The molecule has 2 aromatic carbocycles. The molecule has 0 spiro atoms. The molecule has 3 rings (SSSR count). The predicted molar refractivity (Wildman–Crippen MR) is 102 cm³/mol. The van der Waals surface area contributed by atoms with Gasteiger partial charge in [0.1, 0.15) is 5.82 Å². The lowest BCUT2D eigenvalue weighted by Gasteiger charge is -2.28. The maximum absolute atomic E-state index is 12.9. The van der Waals surface area contributed by atoms with Crippen LogP contribution in [0.2, 0.25) is 0 Å². The Balaban J connectivity index is 1.47. The molecule has 1 aliphatic rings. The number of benzene rings is 2. The molecule has 2 atom stereocenters. The van der Waals surface area contributed by atoms with E-state index in [0.717, 1.165) is 25.1 Å². The molecule has 0 saturated carbocycles. The highest BCUT2D eigenvalue weighted by Gasteiger charge is 2.26. The number of halogens is 1. The fourth-order valence-electron chi connectivity index (χ4n) is 3.38. The van der Waals surface area contributed by atoms with Crippen molar-refractivity contribution >= 4 is 11.5 Å². The minimum Gasteiger partial charge on any atom is -0.351 e. The maximum Gasteiger partial charge on any atom is 0.278 e. The summed E-state index contributed by atoms with van der Waals surface area (Å²) in [6.45, 7) is 4.40. The van der Waals surface area contributed by atoms with E-state index in [1.54, 1.807) is 12.1 Å². The van der Waals surface area contributed by atoms with Crippen molar-refractivity contribution in [2.24, 2.45) is 0 Å². The summed E-state index contributed by atoms with van der Waals surface area (Å²) in [5, 5.41) is 3.01. The lowest BCUT2D eigenvalue weighted by atomic mass is 9.99. The molecule has 4 heteroatoms. The molecule has 1 heterocycles. The van der Waals surface area contributed by atoms with Gasteiger partial charge in [0.05, 0.1) is 13.1 Å². The third-order valence-corrected chi connectivity index (χ3v) is 5.10. The smallest absolute Gasteiger partial charge is 0.278 e.